The first-order chi connectivity index (χ1) is 6.16. The molecule has 0 saturated heterocycles. The van der Waals surface area contributed by atoms with E-state index >= 15 is 0 Å². The Kier molecular flexibility index (Phi) is 9.00. The van der Waals surface area contributed by atoms with Crippen LogP contribution in [-0.2, 0) is 0 Å². The Morgan fingerprint density at radius 3 is 2.31 bits per heavy atom. The Balaban J connectivity index is 3.12. The van der Waals surface area contributed by atoms with Crippen LogP contribution in [0.1, 0.15) is 46.5 Å². The molecular weight excluding hydrogens is 182 g/mol. The SMILES string of the molecule is CC(C)CCCNC(C)CCCCl. The van der Waals surface area contributed by atoms with Gasteiger partial charge in [-0.25, -0.2) is 0 Å². The zero-order valence-electron chi connectivity index (χ0n) is 9.28. The summed E-state index contributed by atoms with van der Waals surface area (Å²) < 4.78 is 0. The fraction of sp³-hybridized carbons (Fsp3) is 1.00. The van der Waals surface area contributed by atoms with Crippen LogP contribution in [0.4, 0.5) is 0 Å². The molecule has 0 aliphatic rings. The number of hydrogen-bond acceptors (Lipinski definition) is 1. The van der Waals surface area contributed by atoms with Crippen LogP contribution in [0.15, 0.2) is 0 Å². The molecule has 13 heavy (non-hydrogen) atoms. The van der Waals surface area contributed by atoms with E-state index in [4.69, 9.17) is 11.6 Å². The van der Waals surface area contributed by atoms with Gasteiger partial charge >= 0.3 is 0 Å². The van der Waals surface area contributed by atoms with Crippen LogP contribution in [0.25, 0.3) is 0 Å². The molecule has 1 unspecified atom stereocenters. The van der Waals surface area contributed by atoms with Gasteiger partial charge in [-0.15, -0.1) is 11.6 Å². The summed E-state index contributed by atoms with van der Waals surface area (Å²) in [5.41, 5.74) is 0. The summed E-state index contributed by atoms with van der Waals surface area (Å²) >= 11 is 5.62. The lowest BCUT2D eigenvalue weighted by atomic mass is 10.1. The molecular formula is C11H24ClN. The van der Waals surface area contributed by atoms with Crippen molar-refractivity contribution < 1.29 is 0 Å². The van der Waals surface area contributed by atoms with Gasteiger partial charge in [0.15, 0.2) is 0 Å². The molecule has 0 bridgehead atoms. The van der Waals surface area contributed by atoms with Crippen molar-refractivity contribution in [2.45, 2.75) is 52.5 Å². The van der Waals surface area contributed by atoms with Crippen molar-refractivity contribution in [1.29, 1.82) is 0 Å². The minimum absolute atomic E-state index is 0.630. The second kappa shape index (κ2) is 8.83. The Hall–Kier alpha value is 0.250. The van der Waals surface area contributed by atoms with E-state index in [0.29, 0.717) is 6.04 Å². The van der Waals surface area contributed by atoms with E-state index in [2.05, 4.69) is 26.1 Å². The molecule has 0 saturated carbocycles. The van der Waals surface area contributed by atoms with Crippen LogP contribution >= 0.6 is 11.6 Å². The lowest BCUT2D eigenvalue weighted by Crippen LogP contribution is -2.27. The van der Waals surface area contributed by atoms with E-state index < -0.39 is 0 Å². The molecule has 1 nitrogen and oxygen atoms in total. The largest absolute Gasteiger partial charge is 0.314 e. The lowest BCUT2D eigenvalue weighted by Gasteiger charge is -2.13. The van der Waals surface area contributed by atoms with Gasteiger partial charge in [-0.2, -0.15) is 0 Å². The van der Waals surface area contributed by atoms with Crippen molar-refractivity contribution in [3.8, 4) is 0 Å². The summed E-state index contributed by atoms with van der Waals surface area (Å²) in [6.45, 7) is 7.94. The summed E-state index contributed by atoms with van der Waals surface area (Å²) in [7, 11) is 0. The third kappa shape index (κ3) is 10.2. The van der Waals surface area contributed by atoms with Gasteiger partial charge in [-0.05, 0) is 45.1 Å². The zero-order valence-corrected chi connectivity index (χ0v) is 10.0. The topological polar surface area (TPSA) is 12.0 Å². The maximum atomic E-state index is 5.62. The van der Waals surface area contributed by atoms with Crippen molar-refractivity contribution in [3.63, 3.8) is 0 Å². The highest BCUT2D eigenvalue weighted by atomic mass is 35.5. The molecule has 1 N–H and O–H groups in total. The zero-order chi connectivity index (χ0) is 10.1. The Bertz CT molecular complexity index is 104. The molecule has 2 heteroatoms. The van der Waals surface area contributed by atoms with Gasteiger partial charge in [0.05, 0.1) is 0 Å². The maximum absolute atomic E-state index is 5.62. The molecule has 0 spiro atoms. The average Bonchev–Trinajstić information content (AvgIpc) is 2.08. The van der Waals surface area contributed by atoms with Gasteiger partial charge in [0, 0.05) is 11.9 Å². The van der Waals surface area contributed by atoms with Crippen LogP contribution in [0.2, 0.25) is 0 Å². The summed E-state index contributed by atoms with van der Waals surface area (Å²) in [4.78, 5) is 0. The third-order valence-electron chi connectivity index (χ3n) is 2.22. The van der Waals surface area contributed by atoms with Crippen LogP contribution in [0.3, 0.4) is 0 Å². The van der Waals surface area contributed by atoms with Gasteiger partial charge in [-0.3, -0.25) is 0 Å². The molecule has 0 radical (unpaired) electrons. The Morgan fingerprint density at radius 1 is 1.08 bits per heavy atom. The highest BCUT2D eigenvalue weighted by Crippen LogP contribution is 2.03. The van der Waals surface area contributed by atoms with Gasteiger partial charge in [0.25, 0.3) is 0 Å². The number of alkyl halides is 1. The average molecular weight is 206 g/mol. The predicted octanol–water partition coefficient (Wildman–Crippen LogP) is 3.42. The summed E-state index contributed by atoms with van der Waals surface area (Å²) in [6, 6.07) is 0.630. The van der Waals surface area contributed by atoms with Crippen molar-refractivity contribution in [2.75, 3.05) is 12.4 Å². The van der Waals surface area contributed by atoms with Gasteiger partial charge in [0.1, 0.15) is 0 Å². The number of halogens is 1. The highest BCUT2D eigenvalue weighted by molar-refractivity contribution is 6.17. The molecule has 0 aliphatic carbocycles. The van der Waals surface area contributed by atoms with E-state index in [1.165, 1.54) is 19.3 Å². The maximum Gasteiger partial charge on any atom is 0.0224 e. The minimum atomic E-state index is 0.630. The van der Waals surface area contributed by atoms with Gasteiger partial charge < -0.3 is 5.32 Å². The van der Waals surface area contributed by atoms with Crippen LogP contribution < -0.4 is 5.32 Å². The third-order valence-corrected chi connectivity index (χ3v) is 2.49. The molecule has 0 heterocycles. The van der Waals surface area contributed by atoms with Crippen LogP contribution in [-0.4, -0.2) is 18.5 Å². The minimum Gasteiger partial charge on any atom is -0.314 e. The van der Waals surface area contributed by atoms with Crippen molar-refractivity contribution >= 4 is 11.6 Å². The van der Waals surface area contributed by atoms with E-state index in [1.54, 1.807) is 0 Å². The monoisotopic (exact) mass is 205 g/mol. The molecule has 0 fully saturated rings. The van der Waals surface area contributed by atoms with E-state index in [0.717, 1.165) is 24.8 Å². The molecule has 1 atom stereocenters. The predicted molar refractivity (Wildman–Crippen MR) is 61.5 cm³/mol. The van der Waals surface area contributed by atoms with Crippen LogP contribution in [0.5, 0.6) is 0 Å². The van der Waals surface area contributed by atoms with E-state index in [-0.39, 0.29) is 0 Å². The first kappa shape index (κ1) is 13.2. The van der Waals surface area contributed by atoms with E-state index in [9.17, 15) is 0 Å². The molecule has 0 rings (SSSR count). The van der Waals surface area contributed by atoms with E-state index in [1.807, 2.05) is 0 Å². The molecule has 0 aliphatic heterocycles. The first-order valence-corrected chi connectivity index (χ1v) is 5.99. The first-order valence-electron chi connectivity index (χ1n) is 5.46. The van der Waals surface area contributed by atoms with Crippen molar-refractivity contribution in [1.82, 2.24) is 5.32 Å². The fourth-order valence-electron chi connectivity index (χ4n) is 1.34. The fourth-order valence-corrected chi connectivity index (χ4v) is 1.50. The lowest BCUT2D eigenvalue weighted by molar-refractivity contribution is 0.470. The number of nitrogens with one attached hydrogen (secondary N) is 1. The normalized spacial score (nSPS) is 13.6. The van der Waals surface area contributed by atoms with Gasteiger partial charge in [-0.1, -0.05) is 13.8 Å². The molecule has 0 aromatic heterocycles. The quantitative estimate of drug-likeness (QED) is 0.473. The Labute approximate surface area is 88.2 Å². The summed E-state index contributed by atoms with van der Waals surface area (Å²) in [6.07, 6.45) is 4.95. The summed E-state index contributed by atoms with van der Waals surface area (Å²) in [5.74, 6) is 1.62. The summed E-state index contributed by atoms with van der Waals surface area (Å²) in [5, 5.41) is 3.51. The Morgan fingerprint density at radius 2 is 1.77 bits per heavy atom. The number of rotatable bonds is 8. The second-order valence-electron chi connectivity index (χ2n) is 4.22. The van der Waals surface area contributed by atoms with Crippen molar-refractivity contribution in [3.05, 3.63) is 0 Å². The number of hydrogen-bond donors (Lipinski definition) is 1. The van der Waals surface area contributed by atoms with Crippen LogP contribution in [0, 0.1) is 5.92 Å². The molecule has 80 valence electrons. The highest BCUT2D eigenvalue weighted by Gasteiger charge is 2.00. The second-order valence-corrected chi connectivity index (χ2v) is 4.60. The molecule has 0 amide bonds. The van der Waals surface area contributed by atoms with Gasteiger partial charge in [0.2, 0.25) is 0 Å². The molecule has 0 aromatic carbocycles. The smallest absolute Gasteiger partial charge is 0.0224 e. The molecule has 0 aromatic rings. The van der Waals surface area contributed by atoms with Crippen molar-refractivity contribution in [2.24, 2.45) is 5.92 Å². The standard InChI is InChI=1S/C11H24ClN/c1-10(2)6-5-9-13-11(3)7-4-8-12/h10-11,13H,4-9H2,1-3H3.